The molecule has 0 spiro atoms. The van der Waals surface area contributed by atoms with Crippen molar-refractivity contribution in [3.63, 3.8) is 0 Å². The maximum atomic E-state index is 11.2. The maximum absolute atomic E-state index is 11.2. The van der Waals surface area contributed by atoms with Gasteiger partial charge in [-0.05, 0) is 46.2 Å². The van der Waals surface area contributed by atoms with Crippen molar-refractivity contribution in [2.24, 2.45) is 11.8 Å². The second-order valence-electron chi connectivity index (χ2n) is 6.35. The average Bonchev–Trinajstić information content (AvgIpc) is 2.58. The summed E-state index contributed by atoms with van der Waals surface area (Å²) in [5, 5.41) is -0.444. The highest BCUT2D eigenvalue weighted by atomic mass is 127. The van der Waals surface area contributed by atoms with Crippen LogP contribution < -0.4 is 0 Å². The Morgan fingerprint density at radius 3 is 1.43 bits per heavy atom. The third kappa shape index (κ3) is 35.9. The van der Waals surface area contributed by atoms with Crippen LogP contribution >= 0.6 is 66.1 Å². The highest BCUT2D eigenvalue weighted by Gasteiger charge is 2.10. The molecule has 0 amide bonds. The van der Waals surface area contributed by atoms with Gasteiger partial charge >= 0.3 is 0 Å². The standard InChI is InChI=1S/C10H15BrO2.C5H8BrI.C5H7ClO2.CH4.S/c1-7(9(3)11)6-10(13)5-4-8(2)12;1-4(3-7)5(2)6;1-4(7)2-3-5(6)8;;/h7H,3-6H2,1-2H3;4H,2-3H2,1H3;2-3H2,1H3;1H4;/q;;;;-2/t7-;4-;;;/m11.../s1. The smallest absolute Gasteiger partial charge is 0.222 e. The minimum Gasteiger partial charge on any atom is -2.00 e. The molecular formula is C21H34Br2ClIO4S-2. The minimum absolute atomic E-state index is 0. The minimum atomic E-state index is -0.444. The van der Waals surface area contributed by atoms with Crippen LogP contribution in [0.2, 0.25) is 0 Å². The Morgan fingerprint density at radius 1 is 0.867 bits per heavy atom. The van der Waals surface area contributed by atoms with Gasteiger partial charge in [0.05, 0.1) is 0 Å². The van der Waals surface area contributed by atoms with Gasteiger partial charge < -0.3 is 23.1 Å². The first-order chi connectivity index (χ1) is 12.7. The third-order valence-corrected chi connectivity index (χ3v) is 6.34. The molecule has 9 heteroatoms. The molecule has 4 nitrogen and oxygen atoms in total. The quantitative estimate of drug-likeness (QED) is 0.126. The Kier molecular flexibility index (Phi) is 35.0. The number of allylic oxidation sites excluding steroid dienone is 2. The molecule has 0 saturated heterocycles. The zero-order valence-electron chi connectivity index (χ0n) is 17.4. The lowest BCUT2D eigenvalue weighted by molar-refractivity contribution is -0.123. The van der Waals surface area contributed by atoms with E-state index >= 15 is 0 Å². The van der Waals surface area contributed by atoms with Crippen LogP contribution in [-0.2, 0) is 32.7 Å². The van der Waals surface area contributed by atoms with E-state index in [2.05, 4.69) is 74.5 Å². The van der Waals surface area contributed by atoms with Crippen LogP contribution in [0.1, 0.15) is 67.2 Å². The van der Waals surface area contributed by atoms with Crippen LogP contribution in [0.4, 0.5) is 0 Å². The predicted octanol–water partition coefficient (Wildman–Crippen LogP) is 7.58. The second-order valence-corrected chi connectivity index (χ2v) is 9.69. The highest BCUT2D eigenvalue weighted by Crippen LogP contribution is 2.19. The summed E-state index contributed by atoms with van der Waals surface area (Å²) in [6.45, 7) is 14.4. The Bertz CT molecular complexity index is 543. The molecule has 0 unspecified atom stereocenters. The van der Waals surface area contributed by atoms with Crippen molar-refractivity contribution in [1.82, 2.24) is 0 Å². The van der Waals surface area contributed by atoms with Crippen molar-refractivity contribution in [2.75, 3.05) is 4.43 Å². The van der Waals surface area contributed by atoms with Gasteiger partial charge in [0.1, 0.15) is 17.3 Å². The van der Waals surface area contributed by atoms with E-state index in [-0.39, 0.29) is 57.0 Å². The summed E-state index contributed by atoms with van der Waals surface area (Å²) in [6.07, 6.45) is 1.62. The van der Waals surface area contributed by atoms with Crippen LogP contribution in [0.15, 0.2) is 22.1 Å². The molecule has 0 aromatic carbocycles. The molecule has 0 radical (unpaired) electrons. The lowest BCUT2D eigenvalue weighted by Gasteiger charge is -2.07. The van der Waals surface area contributed by atoms with E-state index in [1.54, 1.807) is 0 Å². The molecule has 0 bridgehead atoms. The van der Waals surface area contributed by atoms with Crippen molar-refractivity contribution in [1.29, 1.82) is 0 Å². The molecule has 2 atom stereocenters. The van der Waals surface area contributed by atoms with E-state index in [4.69, 9.17) is 11.6 Å². The number of rotatable bonds is 11. The number of carbonyl (C=O) groups excluding carboxylic acids is 4. The Morgan fingerprint density at radius 2 is 1.23 bits per heavy atom. The molecule has 178 valence electrons. The number of hydrogen-bond donors (Lipinski definition) is 0. The first-order valence-electron chi connectivity index (χ1n) is 8.67. The van der Waals surface area contributed by atoms with Crippen LogP contribution in [0.5, 0.6) is 0 Å². The van der Waals surface area contributed by atoms with Gasteiger partial charge in [-0.3, -0.25) is 9.59 Å². The SMILES string of the molecule is C.C=C(Br)[C@H](C)CC(=O)CCC(C)=O.C=C(Br)[C@H](C)CI.CC(=O)CCC(=O)Cl.[S-2]. The summed E-state index contributed by atoms with van der Waals surface area (Å²) in [4.78, 5) is 41.9. The third-order valence-electron chi connectivity index (χ3n) is 3.26. The zero-order valence-corrected chi connectivity index (χ0v) is 24.3. The summed E-state index contributed by atoms with van der Waals surface area (Å²) in [7, 11) is 0. The summed E-state index contributed by atoms with van der Waals surface area (Å²) in [5.41, 5.74) is 0. The van der Waals surface area contributed by atoms with Crippen molar-refractivity contribution >= 4 is 102 Å². The van der Waals surface area contributed by atoms with Gasteiger partial charge in [0.15, 0.2) is 0 Å². The van der Waals surface area contributed by atoms with Crippen LogP contribution in [0.3, 0.4) is 0 Å². The first kappa shape index (κ1) is 40.8. The van der Waals surface area contributed by atoms with Gasteiger partial charge in [-0.2, -0.15) is 0 Å². The number of ketones is 3. The van der Waals surface area contributed by atoms with E-state index < -0.39 is 5.24 Å². The van der Waals surface area contributed by atoms with Gasteiger partial charge in [-0.1, -0.05) is 88.9 Å². The van der Waals surface area contributed by atoms with Crippen molar-refractivity contribution in [3.8, 4) is 0 Å². The van der Waals surface area contributed by atoms with Crippen molar-refractivity contribution in [3.05, 3.63) is 22.1 Å². The molecule has 0 aliphatic rings. The molecule has 0 heterocycles. The van der Waals surface area contributed by atoms with Crippen LogP contribution in [0.25, 0.3) is 0 Å². The molecule has 30 heavy (non-hydrogen) atoms. The average molecular weight is 705 g/mol. The Labute approximate surface area is 225 Å². The van der Waals surface area contributed by atoms with Gasteiger partial charge in [0.25, 0.3) is 0 Å². The lowest BCUT2D eigenvalue weighted by atomic mass is 10.0. The fourth-order valence-corrected chi connectivity index (χ4v) is 2.78. The second kappa shape index (κ2) is 25.7. The number of hydrogen-bond acceptors (Lipinski definition) is 4. The first-order valence-corrected chi connectivity index (χ1v) is 12.2. The molecule has 0 N–H and O–H groups in total. The van der Waals surface area contributed by atoms with E-state index in [0.29, 0.717) is 25.2 Å². The van der Waals surface area contributed by atoms with E-state index in [1.165, 1.54) is 13.8 Å². The van der Waals surface area contributed by atoms with E-state index in [9.17, 15) is 19.2 Å². The molecule has 0 aromatic rings. The predicted molar refractivity (Wildman–Crippen MR) is 148 cm³/mol. The summed E-state index contributed by atoms with van der Waals surface area (Å²) >= 11 is 13.8. The zero-order chi connectivity index (χ0) is 22.9. The Balaban J connectivity index is -0.000000107. The molecule has 0 fully saturated rings. The number of carbonyl (C=O) groups is 4. The fourth-order valence-electron chi connectivity index (χ4n) is 1.23. The van der Waals surface area contributed by atoms with Crippen LogP contribution in [-0.4, -0.2) is 27.0 Å². The highest BCUT2D eigenvalue weighted by molar-refractivity contribution is 14.1. The summed E-state index contributed by atoms with van der Waals surface area (Å²) in [6, 6.07) is 0. The van der Waals surface area contributed by atoms with Crippen molar-refractivity contribution < 1.29 is 19.2 Å². The van der Waals surface area contributed by atoms with Gasteiger partial charge in [0.2, 0.25) is 5.24 Å². The number of Topliss-reactive ketones (excluding diaryl/α,β-unsaturated/α-hetero) is 3. The summed E-state index contributed by atoms with van der Waals surface area (Å²) < 4.78 is 3.08. The van der Waals surface area contributed by atoms with Crippen molar-refractivity contribution in [2.45, 2.75) is 67.2 Å². The topological polar surface area (TPSA) is 68.3 Å². The number of halogens is 4. The lowest BCUT2D eigenvalue weighted by Crippen LogP contribution is -2.06. The molecule has 0 aromatic heterocycles. The number of alkyl halides is 1. The molecule has 0 aliphatic carbocycles. The molecule has 0 rings (SSSR count). The Hall–Kier alpha value is 0.490. The maximum Gasteiger partial charge on any atom is 0.222 e. The van der Waals surface area contributed by atoms with Gasteiger partial charge in [-0.25, -0.2) is 0 Å². The van der Waals surface area contributed by atoms with Gasteiger partial charge in [-0.15, -0.1) is 0 Å². The normalized spacial score (nSPS) is 10.8. The monoisotopic (exact) mass is 702 g/mol. The molecular weight excluding hydrogens is 670 g/mol. The molecule has 0 aliphatic heterocycles. The summed E-state index contributed by atoms with van der Waals surface area (Å²) in [5.74, 6) is 0.959. The van der Waals surface area contributed by atoms with Crippen LogP contribution in [0, 0.1) is 11.8 Å². The largest absolute Gasteiger partial charge is 2.00 e. The fraction of sp³-hybridized carbons (Fsp3) is 0.619. The van der Waals surface area contributed by atoms with E-state index in [0.717, 1.165) is 13.4 Å². The van der Waals surface area contributed by atoms with E-state index in [1.807, 2.05) is 6.92 Å². The van der Waals surface area contributed by atoms with Gasteiger partial charge in [0, 0.05) is 36.5 Å². The molecule has 0 saturated carbocycles.